The van der Waals surface area contributed by atoms with E-state index in [1.807, 2.05) is 0 Å². The van der Waals surface area contributed by atoms with Gasteiger partial charge in [0.25, 0.3) is 5.79 Å². The normalized spacial score (nSPS) is 17.6. The van der Waals surface area contributed by atoms with Gasteiger partial charge in [0, 0.05) is 20.8 Å². The molecule has 1 aliphatic rings. The second kappa shape index (κ2) is 9.23. The van der Waals surface area contributed by atoms with Crippen molar-refractivity contribution in [1.82, 2.24) is 5.32 Å². The van der Waals surface area contributed by atoms with Gasteiger partial charge in [-0.25, -0.2) is 9.59 Å². The van der Waals surface area contributed by atoms with Crippen LogP contribution in [0.25, 0.3) is 0 Å². The monoisotopic (exact) mass is 415 g/mol. The molecular weight excluding hydrogens is 386 g/mol. The highest BCUT2D eigenvalue weighted by Crippen LogP contribution is 2.40. The van der Waals surface area contributed by atoms with Crippen LogP contribution in [0.5, 0.6) is 0 Å². The molecule has 0 spiro atoms. The molecule has 0 aromatic heterocycles. The smallest absolute Gasteiger partial charge is 0.343 e. The molecule has 1 amide bonds. The van der Waals surface area contributed by atoms with Crippen LogP contribution < -0.4 is 5.32 Å². The lowest BCUT2D eigenvalue weighted by molar-refractivity contribution is -0.252. The Hall–Kier alpha value is -2.65. The van der Waals surface area contributed by atoms with Crippen molar-refractivity contribution >= 4 is 29.8 Å². The first kappa shape index (κ1) is 24.4. The molecule has 10 heteroatoms. The van der Waals surface area contributed by atoms with Gasteiger partial charge < -0.3 is 24.3 Å². The maximum atomic E-state index is 12.7. The first-order valence-corrected chi connectivity index (χ1v) is 9.50. The lowest BCUT2D eigenvalue weighted by Gasteiger charge is -2.41. The molecule has 0 aromatic carbocycles. The van der Waals surface area contributed by atoms with Gasteiger partial charge in [-0.1, -0.05) is 6.92 Å². The molecule has 0 saturated carbocycles. The third kappa shape index (κ3) is 5.04. The van der Waals surface area contributed by atoms with E-state index in [1.165, 1.54) is 27.7 Å². The number of carbonyl (C=O) groups is 5. The third-order valence-corrected chi connectivity index (χ3v) is 4.63. The summed E-state index contributed by atoms with van der Waals surface area (Å²) in [6, 6.07) is 0. The minimum absolute atomic E-state index is 0.00253. The van der Waals surface area contributed by atoms with E-state index in [2.05, 4.69) is 5.32 Å². The maximum Gasteiger partial charge on any atom is 0.343 e. The summed E-state index contributed by atoms with van der Waals surface area (Å²) < 4.78 is 20.4. The lowest BCUT2D eigenvalue weighted by atomic mass is 9.76. The highest BCUT2D eigenvalue weighted by molar-refractivity contribution is 6.08. The second-order valence-corrected chi connectivity index (χ2v) is 7.14. The molecule has 1 rings (SSSR count). The minimum Gasteiger partial charge on any atom is -0.464 e. The summed E-state index contributed by atoms with van der Waals surface area (Å²) in [6.07, 6.45) is -0.736. The van der Waals surface area contributed by atoms with E-state index in [9.17, 15) is 24.0 Å². The summed E-state index contributed by atoms with van der Waals surface area (Å²) in [7, 11) is 0. The minimum atomic E-state index is -2.21. The third-order valence-electron chi connectivity index (χ3n) is 4.63. The number of rotatable bonds is 9. The van der Waals surface area contributed by atoms with Crippen molar-refractivity contribution in [2.75, 3.05) is 13.2 Å². The fourth-order valence-corrected chi connectivity index (χ4v) is 3.08. The number of hydrogen-bond acceptors (Lipinski definition) is 9. The molecule has 1 heterocycles. The van der Waals surface area contributed by atoms with Gasteiger partial charge in [-0.05, 0) is 33.1 Å². The Morgan fingerprint density at radius 3 is 1.76 bits per heavy atom. The van der Waals surface area contributed by atoms with Crippen LogP contribution in [0, 0.1) is 5.41 Å². The van der Waals surface area contributed by atoms with Crippen LogP contribution in [-0.4, -0.2) is 54.3 Å². The van der Waals surface area contributed by atoms with Crippen LogP contribution in [0.2, 0.25) is 0 Å². The molecule has 10 nitrogen and oxygen atoms in total. The summed E-state index contributed by atoms with van der Waals surface area (Å²) in [5, 5.41) is 2.30. The molecule has 29 heavy (non-hydrogen) atoms. The predicted molar refractivity (Wildman–Crippen MR) is 98.0 cm³/mol. The van der Waals surface area contributed by atoms with E-state index in [0.717, 1.165) is 6.92 Å². The highest BCUT2D eigenvalue weighted by Gasteiger charge is 2.58. The molecule has 1 aliphatic heterocycles. The Morgan fingerprint density at radius 1 is 0.966 bits per heavy atom. The van der Waals surface area contributed by atoms with Gasteiger partial charge in [-0.3, -0.25) is 14.4 Å². The second-order valence-electron chi connectivity index (χ2n) is 7.14. The fraction of sp³-hybridized carbons (Fsp3) is 0.737. The lowest BCUT2D eigenvalue weighted by Crippen LogP contribution is -2.62. The molecule has 0 atom stereocenters. The number of nitrogens with one attached hydrogen (secondary N) is 1. The molecule has 1 saturated heterocycles. The Balaban J connectivity index is 3.35. The van der Waals surface area contributed by atoms with Gasteiger partial charge in [-0.2, -0.15) is 0 Å². The van der Waals surface area contributed by atoms with E-state index >= 15 is 0 Å². The van der Waals surface area contributed by atoms with Crippen LogP contribution in [0.1, 0.15) is 60.8 Å². The Bertz CT molecular complexity index is 645. The number of amides is 1. The number of carbonyl (C=O) groups excluding carboxylic acids is 5. The van der Waals surface area contributed by atoms with Crippen molar-refractivity contribution in [2.24, 2.45) is 5.41 Å². The Labute approximate surface area is 169 Å². The van der Waals surface area contributed by atoms with Crippen molar-refractivity contribution in [3.8, 4) is 0 Å². The summed E-state index contributed by atoms with van der Waals surface area (Å²) in [5.41, 5.74) is -3.95. The quantitative estimate of drug-likeness (QED) is 0.332. The molecule has 164 valence electrons. The van der Waals surface area contributed by atoms with E-state index < -0.39 is 52.9 Å². The number of esters is 4. The zero-order chi connectivity index (χ0) is 22.5. The summed E-state index contributed by atoms with van der Waals surface area (Å²) in [5.74, 6) is -5.86. The van der Waals surface area contributed by atoms with E-state index in [4.69, 9.17) is 18.9 Å². The first-order valence-electron chi connectivity index (χ1n) is 9.50. The molecule has 1 fully saturated rings. The zero-order valence-corrected chi connectivity index (χ0v) is 17.7. The van der Waals surface area contributed by atoms with Crippen molar-refractivity contribution in [2.45, 2.75) is 72.1 Å². The van der Waals surface area contributed by atoms with Gasteiger partial charge in [0.2, 0.25) is 11.4 Å². The van der Waals surface area contributed by atoms with Crippen molar-refractivity contribution < 1.29 is 42.9 Å². The summed E-state index contributed by atoms with van der Waals surface area (Å²) in [4.78, 5) is 62.5. The number of cyclic esters (lactones) is 2. The topological polar surface area (TPSA) is 134 Å². The Morgan fingerprint density at radius 2 is 1.41 bits per heavy atom. The van der Waals surface area contributed by atoms with Crippen LogP contribution in [0.4, 0.5) is 0 Å². The molecule has 0 bridgehead atoms. The van der Waals surface area contributed by atoms with Crippen LogP contribution in [0.3, 0.4) is 0 Å². The first-order chi connectivity index (χ1) is 13.4. The van der Waals surface area contributed by atoms with Gasteiger partial charge in [0.05, 0.1) is 13.2 Å². The molecule has 0 unspecified atom stereocenters. The number of ether oxygens (including phenoxy) is 4. The zero-order valence-electron chi connectivity index (χ0n) is 17.7. The van der Waals surface area contributed by atoms with Gasteiger partial charge in [-0.15, -0.1) is 0 Å². The summed E-state index contributed by atoms with van der Waals surface area (Å²) >= 11 is 0. The predicted octanol–water partition coefficient (Wildman–Crippen LogP) is 1.00. The average molecular weight is 415 g/mol. The molecular formula is C19H29NO9. The Kier molecular flexibility index (Phi) is 7.76. The van der Waals surface area contributed by atoms with E-state index in [0.29, 0.717) is 0 Å². The highest BCUT2D eigenvalue weighted by atomic mass is 16.7. The summed E-state index contributed by atoms with van der Waals surface area (Å²) in [6.45, 7) is 8.49. The van der Waals surface area contributed by atoms with Gasteiger partial charge in [0.1, 0.15) is 0 Å². The average Bonchev–Trinajstić information content (AvgIpc) is 2.59. The largest absolute Gasteiger partial charge is 0.464 e. The molecule has 0 aromatic rings. The van der Waals surface area contributed by atoms with Crippen molar-refractivity contribution in [3.05, 3.63) is 0 Å². The van der Waals surface area contributed by atoms with Crippen molar-refractivity contribution in [1.29, 1.82) is 0 Å². The molecule has 0 aliphatic carbocycles. The van der Waals surface area contributed by atoms with Gasteiger partial charge in [0.15, 0.2) is 5.41 Å². The van der Waals surface area contributed by atoms with E-state index in [1.54, 1.807) is 6.92 Å². The van der Waals surface area contributed by atoms with Crippen LogP contribution in [0.15, 0.2) is 0 Å². The van der Waals surface area contributed by atoms with Crippen molar-refractivity contribution in [3.63, 3.8) is 0 Å². The maximum absolute atomic E-state index is 12.7. The SMILES string of the molecule is CCOC(=O)C(CCC1(CC)C(=O)OC(C)(C)OC1=O)(NC(C)=O)C(=O)OCC. The van der Waals surface area contributed by atoms with E-state index in [-0.39, 0.29) is 26.1 Å². The molecule has 1 N–H and O–H groups in total. The fourth-order valence-electron chi connectivity index (χ4n) is 3.08. The molecule has 0 radical (unpaired) electrons. The number of hydrogen-bond donors (Lipinski definition) is 1. The van der Waals surface area contributed by atoms with Crippen LogP contribution >= 0.6 is 0 Å². The van der Waals surface area contributed by atoms with Gasteiger partial charge >= 0.3 is 23.9 Å². The van der Waals surface area contributed by atoms with Crippen LogP contribution in [-0.2, 0) is 42.9 Å². The standard InChI is InChI=1S/C19H29NO9/c1-7-18(13(22)28-17(5,6)29-14(18)23)10-11-19(20-12(4)21,15(24)26-8-2)16(25)27-9-3/h7-11H2,1-6H3,(H,20,21).